The molecule has 0 spiro atoms. The fourth-order valence-corrected chi connectivity index (χ4v) is 3.37. The van der Waals surface area contributed by atoms with Crippen LogP contribution in [0.3, 0.4) is 0 Å². The molecular weight excluding hydrogens is 455 g/mol. The van der Waals surface area contributed by atoms with Crippen molar-refractivity contribution in [2.75, 3.05) is 26.7 Å². The maximum absolute atomic E-state index is 11.7. The molecule has 1 aromatic carbocycles. The lowest BCUT2D eigenvalue weighted by Gasteiger charge is -2.33. The number of piperidine rings is 1. The Balaban J connectivity index is 0.00000261. The standard InChI is InChI=1S/C20H26N4O2.HI/c1-3-21-20(24-12-9-16(10-13-24)19(25)26-2)23-14-17-7-4-6-15-8-5-11-22-18(15)17;/h4-8,11,16H,3,9-10,12-14H2,1-2H3,(H,21,23);1H. The van der Waals surface area contributed by atoms with Gasteiger partial charge in [-0.25, -0.2) is 4.99 Å². The van der Waals surface area contributed by atoms with Gasteiger partial charge in [-0.15, -0.1) is 24.0 Å². The van der Waals surface area contributed by atoms with Crippen LogP contribution in [-0.2, 0) is 16.1 Å². The highest BCUT2D eigenvalue weighted by Gasteiger charge is 2.26. The summed E-state index contributed by atoms with van der Waals surface area (Å²) in [5, 5.41) is 4.50. The fourth-order valence-electron chi connectivity index (χ4n) is 3.37. The largest absolute Gasteiger partial charge is 0.469 e. The van der Waals surface area contributed by atoms with Gasteiger partial charge < -0.3 is 15.0 Å². The number of fused-ring (bicyclic) bond motifs is 1. The zero-order valence-corrected chi connectivity index (χ0v) is 18.2. The molecule has 0 radical (unpaired) electrons. The minimum Gasteiger partial charge on any atom is -0.469 e. The molecule has 1 fully saturated rings. The third-order valence-corrected chi connectivity index (χ3v) is 4.78. The van der Waals surface area contributed by atoms with Gasteiger partial charge in [-0.05, 0) is 31.4 Å². The Labute approximate surface area is 177 Å². The number of benzene rings is 1. The predicted octanol–water partition coefficient (Wildman–Crippen LogP) is 3.20. The van der Waals surface area contributed by atoms with Gasteiger partial charge in [0, 0.05) is 31.2 Å². The lowest BCUT2D eigenvalue weighted by molar-refractivity contribution is -0.146. The van der Waals surface area contributed by atoms with Crippen molar-refractivity contribution in [3.63, 3.8) is 0 Å². The van der Waals surface area contributed by atoms with Crippen LogP contribution >= 0.6 is 24.0 Å². The van der Waals surface area contributed by atoms with E-state index in [2.05, 4.69) is 40.3 Å². The summed E-state index contributed by atoms with van der Waals surface area (Å²) in [4.78, 5) is 23.3. The highest BCUT2D eigenvalue weighted by molar-refractivity contribution is 14.0. The van der Waals surface area contributed by atoms with E-state index in [1.165, 1.54) is 7.11 Å². The van der Waals surface area contributed by atoms with Crippen LogP contribution in [-0.4, -0.2) is 48.6 Å². The topological polar surface area (TPSA) is 66.8 Å². The molecule has 0 amide bonds. The van der Waals surface area contributed by atoms with E-state index in [0.29, 0.717) is 6.54 Å². The van der Waals surface area contributed by atoms with Gasteiger partial charge >= 0.3 is 5.97 Å². The average molecular weight is 482 g/mol. The molecule has 1 saturated heterocycles. The zero-order valence-electron chi connectivity index (χ0n) is 15.9. The number of nitrogens with one attached hydrogen (secondary N) is 1. The second kappa shape index (κ2) is 10.4. The first-order chi connectivity index (χ1) is 12.7. The third kappa shape index (κ3) is 5.31. The SMILES string of the molecule is CCNC(=NCc1cccc2cccnc12)N1CCC(C(=O)OC)CC1.I. The Morgan fingerprint density at radius 3 is 2.74 bits per heavy atom. The molecule has 2 aromatic rings. The molecule has 1 aliphatic rings. The monoisotopic (exact) mass is 482 g/mol. The van der Waals surface area contributed by atoms with E-state index in [1.54, 1.807) is 0 Å². The van der Waals surface area contributed by atoms with Crippen molar-refractivity contribution in [3.05, 3.63) is 42.1 Å². The molecular formula is C20H27IN4O2. The Morgan fingerprint density at radius 1 is 1.30 bits per heavy atom. The Bertz CT molecular complexity index is 783. The molecule has 1 aliphatic heterocycles. The van der Waals surface area contributed by atoms with Gasteiger partial charge in [0.05, 0.1) is 25.1 Å². The van der Waals surface area contributed by atoms with E-state index in [9.17, 15) is 4.79 Å². The number of pyridine rings is 1. The summed E-state index contributed by atoms with van der Waals surface area (Å²) in [6.45, 7) is 5.06. The number of hydrogen-bond acceptors (Lipinski definition) is 4. The summed E-state index contributed by atoms with van der Waals surface area (Å²) in [6.07, 6.45) is 3.41. The number of rotatable bonds is 4. The van der Waals surface area contributed by atoms with E-state index >= 15 is 0 Å². The third-order valence-electron chi connectivity index (χ3n) is 4.78. The molecule has 0 aliphatic carbocycles. The van der Waals surface area contributed by atoms with Crippen LogP contribution < -0.4 is 5.32 Å². The number of para-hydroxylation sites is 1. The van der Waals surface area contributed by atoms with Gasteiger partial charge in [0.1, 0.15) is 0 Å². The van der Waals surface area contributed by atoms with E-state index in [0.717, 1.165) is 54.9 Å². The molecule has 6 nitrogen and oxygen atoms in total. The normalized spacial score (nSPS) is 15.3. The predicted molar refractivity (Wildman–Crippen MR) is 118 cm³/mol. The number of carbonyl (C=O) groups excluding carboxylic acids is 1. The molecule has 0 unspecified atom stereocenters. The van der Waals surface area contributed by atoms with Crippen LogP contribution in [0.5, 0.6) is 0 Å². The number of ether oxygens (including phenoxy) is 1. The Kier molecular flexibility index (Phi) is 8.27. The fraction of sp³-hybridized carbons (Fsp3) is 0.450. The molecule has 2 heterocycles. The molecule has 0 bridgehead atoms. The number of aromatic nitrogens is 1. The highest BCUT2D eigenvalue weighted by atomic mass is 127. The number of nitrogens with zero attached hydrogens (tertiary/aromatic N) is 3. The number of methoxy groups -OCH3 is 1. The van der Waals surface area contributed by atoms with Crippen molar-refractivity contribution in [3.8, 4) is 0 Å². The van der Waals surface area contributed by atoms with Crippen molar-refractivity contribution in [2.45, 2.75) is 26.3 Å². The summed E-state index contributed by atoms with van der Waals surface area (Å²) >= 11 is 0. The van der Waals surface area contributed by atoms with Crippen LogP contribution in [0.25, 0.3) is 10.9 Å². The molecule has 27 heavy (non-hydrogen) atoms. The van der Waals surface area contributed by atoms with Gasteiger partial charge in [0.25, 0.3) is 0 Å². The van der Waals surface area contributed by atoms with Gasteiger partial charge in [0.2, 0.25) is 0 Å². The van der Waals surface area contributed by atoms with Crippen LogP contribution in [0.2, 0.25) is 0 Å². The van der Waals surface area contributed by atoms with Gasteiger partial charge in [-0.2, -0.15) is 0 Å². The smallest absolute Gasteiger partial charge is 0.308 e. The lowest BCUT2D eigenvalue weighted by Crippen LogP contribution is -2.46. The van der Waals surface area contributed by atoms with Crippen LogP contribution in [0.4, 0.5) is 0 Å². The number of guanidine groups is 1. The minimum atomic E-state index is -0.103. The quantitative estimate of drug-likeness (QED) is 0.314. The first kappa shape index (κ1) is 21.4. The van der Waals surface area contributed by atoms with Crippen LogP contribution in [0.1, 0.15) is 25.3 Å². The Morgan fingerprint density at radius 2 is 2.04 bits per heavy atom. The summed E-state index contributed by atoms with van der Waals surface area (Å²) in [5.74, 6) is 0.790. The second-order valence-electron chi connectivity index (χ2n) is 6.45. The first-order valence-electron chi connectivity index (χ1n) is 9.16. The van der Waals surface area contributed by atoms with Gasteiger partial charge in [0.15, 0.2) is 5.96 Å². The molecule has 0 atom stereocenters. The Hall–Kier alpha value is -1.90. The second-order valence-corrected chi connectivity index (χ2v) is 6.45. The van der Waals surface area contributed by atoms with E-state index in [4.69, 9.17) is 9.73 Å². The highest BCUT2D eigenvalue weighted by Crippen LogP contribution is 2.20. The van der Waals surface area contributed by atoms with E-state index in [1.807, 2.05) is 18.3 Å². The molecule has 3 rings (SSSR count). The number of likely N-dealkylation sites (tertiary alicyclic amines) is 1. The summed E-state index contributed by atoms with van der Waals surface area (Å²) < 4.78 is 4.87. The number of aliphatic imine (C=N–C) groups is 1. The van der Waals surface area contributed by atoms with Crippen molar-refractivity contribution in [1.29, 1.82) is 0 Å². The van der Waals surface area contributed by atoms with Crippen molar-refractivity contribution in [2.24, 2.45) is 10.9 Å². The van der Waals surface area contributed by atoms with Crippen molar-refractivity contribution in [1.82, 2.24) is 15.2 Å². The van der Waals surface area contributed by atoms with E-state index < -0.39 is 0 Å². The number of halogens is 1. The number of hydrogen-bond donors (Lipinski definition) is 1. The number of carbonyl (C=O) groups is 1. The average Bonchev–Trinajstić information content (AvgIpc) is 2.70. The zero-order chi connectivity index (χ0) is 18.4. The minimum absolute atomic E-state index is 0. The van der Waals surface area contributed by atoms with Crippen molar-refractivity contribution < 1.29 is 9.53 Å². The van der Waals surface area contributed by atoms with Crippen molar-refractivity contribution >= 4 is 46.8 Å². The summed E-state index contributed by atoms with van der Waals surface area (Å²) in [7, 11) is 1.46. The molecule has 1 N–H and O–H groups in total. The lowest BCUT2D eigenvalue weighted by atomic mass is 9.97. The first-order valence-corrected chi connectivity index (χ1v) is 9.16. The van der Waals surface area contributed by atoms with Gasteiger partial charge in [-0.1, -0.05) is 24.3 Å². The van der Waals surface area contributed by atoms with Crippen LogP contribution in [0.15, 0.2) is 41.5 Å². The maximum atomic E-state index is 11.7. The molecule has 0 saturated carbocycles. The molecule has 1 aromatic heterocycles. The summed E-state index contributed by atoms with van der Waals surface area (Å²) in [6, 6.07) is 10.2. The number of esters is 1. The maximum Gasteiger partial charge on any atom is 0.308 e. The van der Waals surface area contributed by atoms with Crippen LogP contribution in [0, 0.1) is 5.92 Å². The summed E-state index contributed by atoms with van der Waals surface area (Å²) in [5.41, 5.74) is 2.11. The molecule has 7 heteroatoms. The molecule has 146 valence electrons. The van der Waals surface area contributed by atoms with Gasteiger partial charge in [-0.3, -0.25) is 9.78 Å². The van der Waals surface area contributed by atoms with E-state index in [-0.39, 0.29) is 35.9 Å².